The van der Waals surface area contributed by atoms with E-state index in [2.05, 4.69) is 10.6 Å². The highest BCUT2D eigenvalue weighted by atomic mass is 19.3. The SMILES string of the molecule is CC(C)(C)OC(=O)NC1([C@H]2CNCC2(F)F)CC1. The molecule has 0 bridgehead atoms. The van der Waals surface area contributed by atoms with E-state index in [9.17, 15) is 13.6 Å². The Morgan fingerprint density at radius 2 is 2.00 bits per heavy atom. The first-order chi connectivity index (χ1) is 8.15. The van der Waals surface area contributed by atoms with E-state index in [4.69, 9.17) is 4.74 Å². The molecule has 2 N–H and O–H groups in total. The number of hydrogen-bond acceptors (Lipinski definition) is 3. The van der Waals surface area contributed by atoms with E-state index < -0.39 is 29.1 Å². The lowest BCUT2D eigenvalue weighted by Gasteiger charge is -2.29. The maximum absolute atomic E-state index is 13.7. The minimum Gasteiger partial charge on any atom is -0.444 e. The predicted molar refractivity (Wildman–Crippen MR) is 62.6 cm³/mol. The van der Waals surface area contributed by atoms with E-state index in [0.717, 1.165) is 0 Å². The van der Waals surface area contributed by atoms with Crippen LogP contribution in [0.3, 0.4) is 0 Å². The van der Waals surface area contributed by atoms with Crippen molar-refractivity contribution >= 4 is 6.09 Å². The van der Waals surface area contributed by atoms with Crippen molar-refractivity contribution in [2.45, 2.75) is 50.7 Å². The van der Waals surface area contributed by atoms with E-state index >= 15 is 0 Å². The highest BCUT2D eigenvalue weighted by molar-refractivity contribution is 5.69. The van der Waals surface area contributed by atoms with Crippen LogP contribution in [0.5, 0.6) is 0 Å². The van der Waals surface area contributed by atoms with Crippen molar-refractivity contribution in [1.82, 2.24) is 10.6 Å². The van der Waals surface area contributed by atoms with Crippen molar-refractivity contribution in [3.8, 4) is 0 Å². The third-order valence-corrected chi connectivity index (χ3v) is 3.42. The van der Waals surface area contributed by atoms with Crippen LogP contribution in [0.1, 0.15) is 33.6 Å². The van der Waals surface area contributed by atoms with Gasteiger partial charge in [0, 0.05) is 6.54 Å². The fourth-order valence-electron chi connectivity index (χ4n) is 2.46. The number of alkyl carbamates (subject to hydrolysis) is 1. The molecule has 0 aromatic carbocycles. The summed E-state index contributed by atoms with van der Waals surface area (Å²) in [4.78, 5) is 11.7. The van der Waals surface area contributed by atoms with Gasteiger partial charge in [0.15, 0.2) is 0 Å². The minimum atomic E-state index is -2.76. The zero-order valence-electron chi connectivity index (χ0n) is 11.0. The van der Waals surface area contributed by atoms with Gasteiger partial charge in [0.1, 0.15) is 5.60 Å². The number of alkyl halides is 2. The lowest BCUT2D eigenvalue weighted by molar-refractivity contribution is -0.0404. The summed E-state index contributed by atoms with van der Waals surface area (Å²) in [6.45, 7) is 5.17. The molecule has 4 nitrogen and oxygen atoms in total. The summed E-state index contributed by atoms with van der Waals surface area (Å²) < 4.78 is 32.5. The van der Waals surface area contributed by atoms with Gasteiger partial charge in [-0.25, -0.2) is 13.6 Å². The zero-order chi connectivity index (χ0) is 13.6. The van der Waals surface area contributed by atoms with Crippen molar-refractivity contribution in [2.24, 2.45) is 5.92 Å². The third-order valence-electron chi connectivity index (χ3n) is 3.42. The molecule has 2 aliphatic rings. The quantitative estimate of drug-likeness (QED) is 0.799. The first kappa shape index (κ1) is 13.5. The van der Waals surface area contributed by atoms with Gasteiger partial charge >= 0.3 is 6.09 Å². The molecule has 1 saturated heterocycles. The van der Waals surface area contributed by atoms with E-state index in [1.807, 2.05) is 0 Å². The molecule has 104 valence electrons. The molecule has 1 heterocycles. The Kier molecular flexibility index (Phi) is 3.04. The maximum atomic E-state index is 13.7. The third kappa shape index (κ3) is 2.74. The maximum Gasteiger partial charge on any atom is 0.408 e. The van der Waals surface area contributed by atoms with Crippen molar-refractivity contribution in [3.05, 3.63) is 0 Å². The molecule has 18 heavy (non-hydrogen) atoms. The van der Waals surface area contributed by atoms with Crippen molar-refractivity contribution in [1.29, 1.82) is 0 Å². The number of amides is 1. The van der Waals surface area contributed by atoms with Crippen LogP contribution in [0, 0.1) is 5.92 Å². The molecule has 0 unspecified atom stereocenters. The molecule has 0 radical (unpaired) electrons. The van der Waals surface area contributed by atoms with Gasteiger partial charge in [-0.05, 0) is 33.6 Å². The van der Waals surface area contributed by atoms with Gasteiger partial charge in [-0.15, -0.1) is 0 Å². The smallest absolute Gasteiger partial charge is 0.408 e. The lowest BCUT2D eigenvalue weighted by Crippen LogP contribution is -2.50. The molecule has 2 fully saturated rings. The Bertz CT molecular complexity index is 348. The summed E-state index contributed by atoms with van der Waals surface area (Å²) in [5.41, 5.74) is -1.40. The first-order valence-electron chi connectivity index (χ1n) is 6.24. The van der Waals surface area contributed by atoms with Gasteiger partial charge in [0.25, 0.3) is 5.92 Å². The van der Waals surface area contributed by atoms with Gasteiger partial charge < -0.3 is 15.4 Å². The largest absolute Gasteiger partial charge is 0.444 e. The Hall–Kier alpha value is -0.910. The standard InChI is InChI=1S/C12H20F2N2O2/c1-10(2,3)18-9(17)16-11(4-5-11)8-6-15-7-12(8,13)14/h8,15H,4-7H2,1-3H3,(H,16,17)/t8-/m1/s1. The second-order valence-corrected chi connectivity index (χ2v) is 6.23. The minimum absolute atomic E-state index is 0.239. The molecule has 1 atom stereocenters. The summed E-state index contributed by atoms with van der Waals surface area (Å²) in [6, 6.07) is 0. The molecule has 1 amide bonds. The zero-order valence-corrected chi connectivity index (χ0v) is 11.0. The molecule has 1 aliphatic heterocycles. The molecule has 6 heteroatoms. The van der Waals surface area contributed by atoms with Crippen LogP contribution in [0.4, 0.5) is 13.6 Å². The van der Waals surface area contributed by atoms with Crippen LogP contribution < -0.4 is 10.6 Å². The van der Waals surface area contributed by atoms with Gasteiger partial charge in [-0.3, -0.25) is 0 Å². The average molecular weight is 262 g/mol. The van der Waals surface area contributed by atoms with Gasteiger partial charge in [0.2, 0.25) is 0 Å². The van der Waals surface area contributed by atoms with Gasteiger partial charge in [-0.1, -0.05) is 0 Å². The summed E-state index contributed by atoms with van der Waals surface area (Å²) >= 11 is 0. The second kappa shape index (κ2) is 4.05. The van der Waals surface area contributed by atoms with Crippen LogP contribution in [0.25, 0.3) is 0 Å². The fraction of sp³-hybridized carbons (Fsp3) is 0.917. The number of nitrogens with one attached hydrogen (secondary N) is 2. The second-order valence-electron chi connectivity index (χ2n) is 6.23. The fourth-order valence-corrected chi connectivity index (χ4v) is 2.46. The number of carbonyl (C=O) groups is 1. The van der Waals surface area contributed by atoms with Crippen molar-refractivity contribution in [2.75, 3.05) is 13.1 Å². The monoisotopic (exact) mass is 262 g/mol. The number of halogens is 2. The number of hydrogen-bond donors (Lipinski definition) is 2. The Morgan fingerprint density at radius 1 is 1.39 bits per heavy atom. The molecular weight excluding hydrogens is 242 g/mol. The summed E-state index contributed by atoms with van der Waals surface area (Å²) in [5.74, 6) is -3.59. The number of carbonyl (C=O) groups excluding carboxylic acids is 1. The Balaban J connectivity index is 1.99. The number of rotatable bonds is 2. The van der Waals surface area contributed by atoms with E-state index in [1.165, 1.54) is 0 Å². The van der Waals surface area contributed by atoms with E-state index in [-0.39, 0.29) is 13.1 Å². The van der Waals surface area contributed by atoms with Crippen molar-refractivity contribution in [3.63, 3.8) is 0 Å². The molecule has 0 spiro atoms. The number of ether oxygens (including phenoxy) is 1. The van der Waals surface area contributed by atoms with Crippen LogP contribution in [-0.2, 0) is 4.74 Å². The van der Waals surface area contributed by atoms with Crippen LogP contribution in [0.2, 0.25) is 0 Å². The van der Waals surface area contributed by atoms with Crippen LogP contribution in [0.15, 0.2) is 0 Å². The van der Waals surface area contributed by atoms with Crippen molar-refractivity contribution < 1.29 is 18.3 Å². The Labute approximate surface area is 105 Å². The first-order valence-corrected chi connectivity index (χ1v) is 6.24. The molecule has 1 aliphatic carbocycles. The summed E-state index contributed by atoms with van der Waals surface area (Å²) in [6.07, 6.45) is 0.574. The summed E-state index contributed by atoms with van der Waals surface area (Å²) in [5, 5.41) is 5.33. The molecule has 0 aromatic rings. The highest BCUT2D eigenvalue weighted by Gasteiger charge is 2.62. The average Bonchev–Trinajstić information content (AvgIpc) is 2.80. The van der Waals surface area contributed by atoms with E-state index in [1.54, 1.807) is 20.8 Å². The molecular formula is C12H20F2N2O2. The topological polar surface area (TPSA) is 50.4 Å². The molecule has 0 aromatic heterocycles. The summed E-state index contributed by atoms with van der Waals surface area (Å²) in [7, 11) is 0. The highest BCUT2D eigenvalue weighted by Crippen LogP contribution is 2.50. The predicted octanol–water partition coefficient (Wildman–Crippen LogP) is 1.90. The molecule has 1 saturated carbocycles. The normalized spacial score (nSPS) is 28.8. The Morgan fingerprint density at radius 3 is 2.39 bits per heavy atom. The van der Waals surface area contributed by atoms with E-state index in [0.29, 0.717) is 12.8 Å². The lowest BCUT2D eigenvalue weighted by atomic mass is 9.93. The van der Waals surface area contributed by atoms with Gasteiger partial charge in [0.05, 0.1) is 18.0 Å². The van der Waals surface area contributed by atoms with Gasteiger partial charge in [-0.2, -0.15) is 0 Å². The van der Waals surface area contributed by atoms with Crippen LogP contribution in [-0.4, -0.2) is 36.2 Å². The molecule has 2 rings (SSSR count). The van der Waals surface area contributed by atoms with Crippen LogP contribution >= 0.6 is 0 Å².